The topological polar surface area (TPSA) is 12.0 Å². The molecule has 0 amide bonds. The number of rotatable bonds is 3. The molecule has 1 nitrogen and oxygen atoms in total. The molecule has 2 heteroatoms. The molecule has 0 aliphatic rings. The van der Waals surface area contributed by atoms with Crippen LogP contribution in [0.4, 0.5) is 5.69 Å². The van der Waals surface area contributed by atoms with Gasteiger partial charge in [-0.3, -0.25) is 0 Å². The normalized spacial score (nSPS) is 10.0. The van der Waals surface area contributed by atoms with Crippen LogP contribution in [-0.2, 0) is 0 Å². The Balaban J connectivity index is 2.50. The molecule has 10 heavy (non-hydrogen) atoms. The number of para-hydroxylation sites is 1. The number of hydrogen-bond donors (Lipinski definition) is 1. The molecule has 1 rings (SSSR count). The van der Waals surface area contributed by atoms with Gasteiger partial charge in [0.25, 0.3) is 0 Å². The van der Waals surface area contributed by atoms with Crippen LogP contribution < -0.4 is 5.09 Å². The third-order valence-electron chi connectivity index (χ3n) is 1.09. The predicted octanol–water partition coefficient (Wildman–Crippen LogP) is 2.84. The second kappa shape index (κ2) is 4.08. The van der Waals surface area contributed by atoms with Crippen LogP contribution in [0.3, 0.4) is 0 Å². The van der Waals surface area contributed by atoms with Gasteiger partial charge in [-0.2, -0.15) is 0 Å². The molecule has 0 aromatic heterocycles. The van der Waals surface area contributed by atoms with Crippen molar-refractivity contribution in [2.45, 2.75) is 0 Å². The molecule has 1 aromatic rings. The van der Waals surface area contributed by atoms with Crippen molar-refractivity contribution >= 4 is 14.4 Å². The molecule has 0 radical (unpaired) electrons. The highest BCUT2D eigenvalue weighted by Crippen LogP contribution is 2.15. The van der Waals surface area contributed by atoms with Crippen LogP contribution in [0, 0.1) is 0 Å². The monoisotopic (exact) mass is 151 g/mol. The predicted molar refractivity (Wildman–Crippen MR) is 48.6 cm³/mol. The smallest absolute Gasteiger partial charge is 0.0372 e. The average molecular weight is 151 g/mol. The Morgan fingerprint density at radius 1 is 1.30 bits per heavy atom. The second-order valence-corrected chi connectivity index (χ2v) is 2.79. The van der Waals surface area contributed by atoms with Gasteiger partial charge >= 0.3 is 0 Å². The Morgan fingerprint density at radius 2 is 2.00 bits per heavy atom. The van der Waals surface area contributed by atoms with E-state index in [0.29, 0.717) is 8.73 Å². The summed E-state index contributed by atoms with van der Waals surface area (Å²) in [6.07, 6.45) is 0. The van der Waals surface area contributed by atoms with Gasteiger partial charge in [-0.15, -0.1) is 0 Å². The summed E-state index contributed by atoms with van der Waals surface area (Å²) in [6.45, 7) is 3.63. The van der Waals surface area contributed by atoms with Crippen molar-refractivity contribution in [2.75, 3.05) is 5.09 Å². The molecule has 0 bridgehead atoms. The first kappa shape index (κ1) is 7.30. The second-order valence-electron chi connectivity index (χ2n) is 1.84. The van der Waals surface area contributed by atoms with E-state index in [-0.39, 0.29) is 0 Å². The SMILES string of the molecule is C=CPNc1ccccc1. The zero-order chi connectivity index (χ0) is 7.23. The van der Waals surface area contributed by atoms with Crippen LogP contribution in [0.1, 0.15) is 0 Å². The molecule has 1 aromatic carbocycles. The first-order chi connectivity index (χ1) is 4.93. The lowest BCUT2D eigenvalue weighted by atomic mass is 10.3. The zero-order valence-corrected chi connectivity index (χ0v) is 6.67. The molecule has 0 spiro atoms. The van der Waals surface area contributed by atoms with Crippen molar-refractivity contribution in [3.05, 3.63) is 42.7 Å². The van der Waals surface area contributed by atoms with E-state index in [1.165, 1.54) is 0 Å². The minimum absolute atomic E-state index is 0.606. The van der Waals surface area contributed by atoms with E-state index in [0.717, 1.165) is 5.69 Å². The van der Waals surface area contributed by atoms with Crippen molar-refractivity contribution in [3.63, 3.8) is 0 Å². The minimum Gasteiger partial charge on any atom is -0.363 e. The van der Waals surface area contributed by atoms with Gasteiger partial charge in [-0.25, -0.2) is 0 Å². The fraction of sp³-hybridized carbons (Fsp3) is 0. The first-order valence-corrected chi connectivity index (χ1v) is 4.18. The van der Waals surface area contributed by atoms with Gasteiger partial charge in [0.2, 0.25) is 0 Å². The summed E-state index contributed by atoms with van der Waals surface area (Å²) >= 11 is 0. The maximum atomic E-state index is 3.63. The van der Waals surface area contributed by atoms with Crippen LogP contribution in [0.5, 0.6) is 0 Å². The molecule has 1 atom stereocenters. The molecule has 0 aliphatic carbocycles. The Labute approximate surface area is 63.0 Å². The number of anilines is 1. The van der Waals surface area contributed by atoms with E-state index in [1.807, 2.05) is 36.1 Å². The molecule has 0 fully saturated rings. The summed E-state index contributed by atoms with van der Waals surface area (Å²) in [5, 5.41) is 3.20. The molecule has 0 aliphatic heterocycles. The average Bonchev–Trinajstić information content (AvgIpc) is 2.03. The third kappa shape index (κ3) is 2.20. The molecule has 52 valence electrons. The Morgan fingerprint density at radius 3 is 2.60 bits per heavy atom. The first-order valence-electron chi connectivity index (χ1n) is 3.11. The molecular weight excluding hydrogens is 141 g/mol. The fourth-order valence-corrected chi connectivity index (χ4v) is 1.09. The summed E-state index contributed by atoms with van der Waals surface area (Å²) in [7, 11) is 0.606. The van der Waals surface area contributed by atoms with E-state index < -0.39 is 0 Å². The van der Waals surface area contributed by atoms with E-state index in [2.05, 4.69) is 11.7 Å². The molecule has 0 heterocycles. The standard InChI is InChI=1S/C8H10NP/c1-2-10-9-8-6-4-3-5-7-8/h2-7,9-10H,1H2. The van der Waals surface area contributed by atoms with Gasteiger partial charge < -0.3 is 5.09 Å². The van der Waals surface area contributed by atoms with Crippen molar-refractivity contribution < 1.29 is 0 Å². The van der Waals surface area contributed by atoms with Crippen molar-refractivity contribution in [1.82, 2.24) is 0 Å². The van der Waals surface area contributed by atoms with E-state index >= 15 is 0 Å². The Bertz CT molecular complexity index is 196. The van der Waals surface area contributed by atoms with E-state index in [1.54, 1.807) is 0 Å². The minimum atomic E-state index is 0.606. The van der Waals surface area contributed by atoms with Gasteiger partial charge in [0.05, 0.1) is 0 Å². The van der Waals surface area contributed by atoms with E-state index in [4.69, 9.17) is 0 Å². The Hall–Kier alpha value is -0.810. The van der Waals surface area contributed by atoms with Crippen LogP contribution in [0.2, 0.25) is 0 Å². The number of benzene rings is 1. The van der Waals surface area contributed by atoms with Gasteiger partial charge in [0, 0.05) is 5.69 Å². The highest BCUT2D eigenvalue weighted by atomic mass is 31.1. The molecule has 0 saturated carbocycles. The molecule has 1 N–H and O–H groups in total. The van der Waals surface area contributed by atoms with Gasteiger partial charge in [0.15, 0.2) is 0 Å². The summed E-state index contributed by atoms with van der Waals surface area (Å²) in [5.74, 6) is 1.87. The van der Waals surface area contributed by atoms with E-state index in [9.17, 15) is 0 Å². The van der Waals surface area contributed by atoms with Crippen LogP contribution in [0.25, 0.3) is 0 Å². The van der Waals surface area contributed by atoms with Crippen molar-refractivity contribution in [2.24, 2.45) is 0 Å². The highest BCUT2D eigenvalue weighted by molar-refractivity contribution is 7.43. The third-order valence-corrected chi connectivity index (χ3v) is 1.73. The lowest BCUT2D eigenvalue weighted by Crippen LogP contribution is -1.78. The van der Waals surface area contributed by atoms with Crippen LogP contribution in [-0.4, -0.2) is 0 Å². The molecule has 0 saturated heterocycles. The lowest BCUT2D eigenvalue weighted by Gasteiger charge is -1.99. The summed E-state index contributed by atoms with van der Waals surface area (Å²) < 4.78 is 0. The summed E-state index contributed by atoms with van der Waals surface area (Å²) in [6, 6.07) is 10.1. The lowest BCUT2D eigenvalue weighted by molar-refractivity contribution is 1.68. The molecule has 1 unspecified atom stereocenters. The number of nitrogens with one attached hydrogen (secondary N) is 1. The van der Waals surface area contributed by atoms with Crippen LogP contribution >= 0.6 is 8.73 Å². The van der Waals surface area contributed by atoms with Crippen molar-refractivity contribution in [1.29, 1.82) is 0 Å². The van der Waals surface area contributed by atoms with Crippen LogP contribution in [0.15, 0.2) is 42.7 Å². The fourth-order valence-electron chi connectivity index (χ4n) is 0.656. The summed E-state index contributed by atoms with van der Waals surface area (Å²) in [4.78, 5) is 0. The zero-order valence-electron chi connectivity index (χ0n) is 5.67. The maximum absolute atomic E-state index is 3.63. The van der Waals surface area contributed by atoms with Gasteiger partial charge in [-0.1, -0.05) is 30.6 Å². The Kier molecular flexibility index (Phi) is 2.98. The summed E-state index contributed by atoms with van der Waals surface area (Å²) in [5.41, 5.74) is 1.15. The van der Waals surface area contributed by atoms with Crippen molar-refractivity contribution in [3.8, 4) is 0 Å². The van der Waals surface area contributed by atoms with Gasteiger partial charge in [-0.05, 0) is 20.9 Å². The maximum Gasteiger partial charge on any atom is 0.0372 e. The molecular formula is C8H10NP. The highest BCUT2D eigenvalue weighted by Gasteiger charge is 1.82. The quantitative estimate of drug-likeness (QED) is 0.655. The largest absolute Gasteiger partial charge is 0.363 e. The van der Waals surface area contributed by atoms with Gasteiger partial charge in [0.1, 0.15) is 0 Å². The number of hydrogen-bond acceptors (Lipinski definition) is 1.